The van der Waals surface area contributed by atoms with Gasteiger partial charge in [-0.05, 0) is 36.8 Å². The molecule has 0 aromatic heterocycles. The summed E-state index contributed by atoms with van der Waals surface area (Å²) in [5.41, 5.74) is 2.24. The van der Waals surface area contributed by atoms with Gasteiger partial charge in [0.2, 0.25) is 5.91 Å². The molecule has 0 spiro atoms. The van der Waals surface area contributed by atoms with Gasteiger partial charge in [-0.25, -0.2) is 9.29 Å². The molecular weight excluding hydrogens is 345 g/mol. The number of imide groups is 1. The van der Waals surface area contributed by atoms with Crippen LogP contribution in [0.4, 0.5) is 15.8 Å². The fraction of sp³-hybridized carbons (Fsp3) is 0.333. The molecule has 6 heteroatoms. The van der Waals surface area contributed by atoms with Gasteiger partial charge >= 0.3 is 0 Å². The van der Waals surface area contributed by atoms with Crippen molar-refractivity contribution in [3.8, 4) is 0 Å². The molecule has 0 radical (unpaired) electrons. The van der Waals surface area contributed by atoms with Gasteiger partial charge in [-0.15, -0.1) is 0 Å². The van der Waals surface area contributed by atoms with Crippen LogP contribution in [0.2, 0.25) is 0 Å². The fourth-order valence-corrected chi connectivity index (χ4v) is 3.92. The van der Waals surface area contributed by atoms with E-state index in [1.807, 2.05) is 41.0 Å². The van der Waals surface area contributed by atoms with Gasteiger partial charge in [0.1, 0.15) is 5.82 Å². The van der Waals surface area contributed by atoms with E-state index in [1.54, 1.807) is 18.2 Å². The summed E-state index contributed by atoms with van der Waals surface area (Å²) in [5.74, 6) is -0.555. The third-order valence-electron chi connectivity index (χ3n) is 5.33. The van der Waals surface area contributed by atoms with Gasteiger partial charge in [0.05, 0.1) is 23.8 Å². The quantitative estimate of drug-likeness (QED) is 0.783. The second kappa shape index (κ2) is 7.12. The van der Waals surface area contributed by atoms with Gasteiger partial charge in [0, 0.05) is 26.2 Å². The number of para-hydroxylation sites is 1. The van der Waals surface area contributed by atoms with E-state index in [-0.39, 0.29) is 24.1 Å². The molecular formula is C21H22FN3O2. The van der Waals surface area contributed by atoms with E-state index in [9.17, 15) is 14.0 Å². The maximum atomic E-state index is 14.0. The van der Waals surface area contributed by atoms with Gasteiger partial charge in [0.15, 0.2) is 0 Å². The van der Waals surface area contributed by atoms with Crippen molar-refractivity contribution in [2.45, 2.75) is 19.4 Å². The number of halogens is 1. The molecule has 2 aromatic carbocycles. The zero-order chi connectivity index (χ0) is 19.0. The standard InChI is InChI=1S/C21H22FN3O2/c1-15-5-4-6-16(13-15)25-20(26)14-19(21(25)27)24-11-9-23(10-12-24)18-8-3-2-7-17(18)22/h2-8,13,19H,9-12,14H2,1H3/t19-/m1/s1. The van der Waals surface area contributed by atoms with Crippen molar-refractivity contribution in [2.24, 2.45) is 0 Å². The maximum Gasteiger partial charge on any atom is 0.251 e. The first-order valence-electron chi connectivity index (χ1n) is 9.21. The molecule has 0 saturated carbocycles. The van der Waals surface area contributed by atoms with Crippen LogP contribution in [0.5, 0.6) is 0 Å². The molecule has 140 valence electrons. The lowest BCUT2D eigenvalue weighted by molar-refractivity contribution is -0.123. The molecule has 2 saturated heterocycles. The molecule has 2 aliphatic heterocycles. The maximum absolute atomic E-state index is 14.0. The largest absolute Gasteiger partial charge is 0.367 e. The third-order valence-corrected chi connectivity index (χ3v) is 5.33. The summed E-state index contributed by atoms with van der Waals surface area (Å²) in [4.78, 5) is 30.8. The van der Waals surface area contributed by atoms with Crippen molar-refractivity contribution in [3.05, 3.63) is 59.9 Å². The Balaban J connectivity index is 1.45. The van der Waals surface area contributed by atoms with Gasteiger partial charge < -0.3 is 4.90 Å². The number of carbonyl (C=O) groups excluding carboxylic acids is 2. The van der Waals surface area contributed by atoms with Crippen molar-refractivity contribution < 1.29 is 14.0 Å². The molecule has 2 aliphatic rings. The minimum Gasteiger partial charge on any atom is -0.367 e. The summed E-state index contributed by atoms with van der Waals surface area (Å²) in [6.45, 7) is 4.44. The summed E-state index contributed by atoms with van der Waals surface area (Å²) < 4.78 is 14.0. The average Bonchev–Trinajstić information content (AvgIpc) is 2.96. The summed E-state index contributed by atoms with van der Waals surface area (Å²) in [6, 6.07) is 13.7. The highest BCUT2D eigenvalue weighted by Gasteiger charge is 2.43. The topological polar surface area (TPSA) is 43.9 Å². The number of piperazine rings is 1. The molecule has 5 nitrogen and oxygen atoms in total. The Morgan fingerprint density at radius 3 is 2.41 bits per heavy atom. The second-order valence-corrected chi connectivity index (χ2v) is 7.10. The highest BCUT2D eigenvalue weighted by molar-refractivity contribution is 6.22. The van der Waals surface area contributed by atoms with Crippen LogP contribution in [0.3, 0.4) is 0 Å². The molecule has 0 N–H and O–H groups in total. The normalized spacial score (nSPS) is 21.2. The Morgan fingerprint density at radius 1 is 0.963 bits per heavy atom. The van der Waals surface area contributed by atoms with Crippen molar-refractivity contribution in [1.29, 1.82) is 0 Å². The van der Waals surface area contributed by atoms with Gasteiger partial charge in [-0.3, -0.25) is 14.5 Å². The lowest BCUT2D eigenvalue weighted by Crippen LogP contribution is -2.52. The van der Waals surface area contributed by atoms with E-state index in [2.05, 4.69) is 0 Å². The summed E-state index contributed by atoms with van der Waals surface area (Å²) in [7, 11) is 0. The summed E-state index contributed by atoms with van der Waals surface area (Å²) >= 11 is 0. The third kappa shape index (κ3) is 3.32. The van der Waals surface area contributed by atoms with Gasteiger partial charge in [-0.2, -0.15) is 0 Å². The molecule has 2 fully saturated rings. The number of benzene rings is 2. The number of amides is 2. The van der Waals surface area contributed by atoms with E-state index in [4.69, 9.17) is 0 Å². The Kier molecular flexibility index (Phi) is 4.66. The molecule has 2 heterocycles. The van der Waals surface area contributed by atoms with Crippen LogP contribution in [0.1, 0.15) is 12.0 Å². The van der Waals surface area contributed by atoms with E-state index < -0.39 is 6.04 Å². The minimum absolute atomic E-state index is 0.160. The molecule has 2 aromatic rings. The van der Waals surface area contributed by atoms with Crippen LogP contribution in [-0.4, -0.2) is 48.9 Å². The average molecular weight is 367 g/mol. The van der Waals surface area contributed by atoms with Gasteiger partial charge in [-0.1, -0.05) is 24.3 Å². The fourth-order valence-electron chi connectivity index (χ4n) is 3.92. The number of hydrogen-bond donors (Lipinski definition) is 0. The first kappa shape index (κ1) is 17.7. The first-order valence-corrected chi connectivity index (χ1v) is 9.21. The van der Waals surface area contributed by atoms with Crippen molar-refractivity contribution in [2.75, 3.05) is 36.0 Å². The minimum atomic E-state index is -0.430. The van der Waals surface area contributed by atoms with Crippen LogP contribution in [0.25, 0.3) is 0 Å². The summed E-state index contributed by atoms with van der Waals surface area (Å²) in [5, 5.41) is 0. The zero-order valence-electron chi connectivity index (χ0n) is 15.3. The Bertz CT molecular complexity index is 877. The highest BCUT2D eigenvalue weighted by Crippen LogP contribution is 2.28. The number of rotatable bonds is 3. The van der Waals surface area contributed by atoms with Crippen LogP contribution < -0.4 is 9.80 Å². The van der Waals surface area contributed by atoms with Crippen molar-refractivity contribution in [3.63, 3.8) is 0 Å². The smallest absolute Gasteiger partial charge is 0.251 e. The molecule has 2 amide bonds. The van der Waals surface area contributed by atoms with E-state index in [1.165, 1.54) is 11.0 Å². The predicted molar refractivity (Wildman–Crippen MR) is 102 cm³/mol. The Labute approximate surface area is 158 Å². The van der Waals surface area contributed by atoms with E-state index in [0.717, 1.165) is 5.56 Å². The molecule has 4 rings (SSSR count). The van der Waals surface area contributed by atoms with Crippen LogP contribution in [-0.2, 0) is 9.59 Å². The monoisotopic (exact) mass is 367 g/mol. The molecule has 0 aliphatic carbocycles. The SMILES string of the molecule is Cc1cccc(N2C(=O)C[C@@H](N3CCN(c4ccccc4F)CC3)C2=O)c1. The van der Waals surface area contributed by atoms with Crippen LogP contribution >= 0.6 is 0 Å². The van der Waals surface area contributed by atoms with Crippen molar-refractivity contribution in [1.82, 2.24) is 4.90 Å². The second-order valence-electron chi connectivity index (χ2n) is 7.10. The van der Waals surface area contributed by atoms with Crippen LogP contribution in [0.15, 0.2) is 48.5 Å². The highest BCUT2D eigenvalue weighted by atomic mass is 19.1. The number of hydrogen-bond acceptors (Lipinski definition) is 4. The Morgan fingerprint density at radius 2 is 1.70 bits per heavy atom. The van der Waals surface area contributed by atoms with Crippen LogP contribution in [0, 0.1) is 12.7 Å². The summed E-state index contributed by atoms with van der Waals surface area (Å²) in [6.07, 6.45) is 0.201. The number of anilines is 2. The molecule has 0 unspecified atom stereocenters. The number of carbonyl (C=O) groups is 2. The van der Waals surface area contributed by atoms with E-state index >= 15 is 0 Å². The number of aryl methyl sites for hydroxylation is 1. The van der Waals surface area contributed by atoms with Crippen molar-refractivity contribution >= 4 is 23.2 Å². The van der Waals surface area contributed by atoms with Gasteiger partial charge in [0.25, 0.3) is 5.91 Å². The van der Waals surface area contributed by atoms with E-state index in [0.29, 0.717) is 37.6 Å². The first-order chi connectivity index (χ1) is 13.0. The predicted octanol–water partition coefficient (Wildman–Crippen LogP) is 2.59. The zero-order valence-corrected chi connectivity index (χ0v) is 15.3. The molecule has 27 heavy (non-hydrogen) atoms. The molecule has 1 atom stereocenters. The Hall–Kier alpha value is -2.73. The number of nitrogens with zero attached hydrogens (tertiary/aromatic N) is 3. The molecule has 0 bridgehead atoms. The lowest BCUT2D eigenvalue weighted by Gasteiger charge is -2.38. The lowest BCUT2D eigenvalue weighted by atomic mass is 10.1.